The van der Waals surface area contributed by atoms with Gasteiger partial charge < -0.3 is 21.5 Å². The van der Waals surface area contributed by atoms with E-state index in [1.54, 1.807) is 31.2 Å². The van der Waals surface area contributed by atoms with Gasteiger partial charge in [-0.05, 0) is 48.6 Å². The average molecular weight is 396 g/mol. The Kier molecular flexibility index (Phi) is 8.21. The average Bonchev–Trinajstić information content (AvgIpc) is 2.70. The lowest BCUT2D eigenvalue weighted by Crippen LogP contribution is -2.23. The molecule has 1 unspecified atom stereocenters. The van der Waals surface area contributed by atoms with Crippen molar-refractivity contribution in [3.63, 3.8) is 0 Å². The number of amides is 1. The zero-order valence-corrected chi connectivity index (χ0v) is 16.9. The van der Waals surface area contributed by atoms with Gasteiger partial charge in [0.15, 0.2) is 5.96 Å². The van der Waals surface area contributed by atoms with Crippen LogP contribution in [0.3, 0.4) is 0 Å². The van der Waals surface area contributed by atoms with Crippen LogP contribution in [0.1, 0.15) is 54.1 Å². The van der Waals surface area contributed by atoms with Crippen LogP contribution in [0.5, 0.6) is 0 Å². The molecule has 2 rings (SSSR count). The fraction of sp³-hybridized carbons (Fsp3) is 0.318. The second-order valence-corrected chi connectivity index (χ2v) is 6.63. The number of guanidine groups is 1. The zero-order valence-electron chi connectivity index (χ0n) is 16.9. The van der Waals surface area contributed by atoms with Gasteiger partial charge in [-0.15, -0.1) is 0 Å². The molecule has 7 heteroatoms. The van der Waals surface area contributed by atoms with Crippen molar-refractivity contribution in [2.75, 3.05) is 6.61 Å². The first-order valence-electron chi connectivity index (χ1n) is 9.65. The van der Waals surface area contributed by atoms with Crippen molar-refractivity contribution in [1.29, 1.82) is 0 Å². The fourth-order valence-electron chi connectivity index (χ4n) is 3.03. The maximum Gasteiger partial charge on any atom is 0.306 e. The number of hydrogen-bond donors (Lipinski definition) is 3. The summed E-state index contributed by atoms with van der Waals surface area (Å²) in [7, 11) is 0. The minimum absolute atomic E-state index is 0.0623. The molecule has 0 aliphatic rings. The van der Waals surface area contributed by atoms with E-state index in [2.05, 4.69) is 10.3 Å². The van der Waals surface area contributed by atoms with E-state index in [0.717, 1.165) is 17.5 Å². The standard InChI is InChI=1S/C22H28N4O3/c1-3-16(13-20(27)29-4-2)17-8-5-7-15(11-17)14-25-21(28)18-9-6-10-19(12-18)26-22(23)24/h5-12,16H,3-4,13-14H2,1-2H3,(H,25,28)(H4,23,24,26). The van der Waals surface area contributed by atoms with Crippen molar-refractivity contribution in [2.24, 2.45) is 16.5 Å². The Balaban J connectivity index is 2.04. The molecule has 1 amide bonds. The lowest BCUT2D eigenvalue weighted by molar-refractivity contribution is -0.143. The molecule has 0 heterocycles. The molecule has 0 aliphatic carbocycles. The maximum atomic E-state index is 12.5. The maximum absolute atomic E-state index is 12.5. The van der Waals surface area contributed by atoms with Gasteiger partial charge in [-0.25, -0.2) is 4.99 Å². The predicted molar refractivity (Wildman–Crippen MR) is 114 cm³/mol. The second kappa shape index (κ2) is 10.8. The lowest BCUT2D eigenvalue weighted by Gasteiger charge is -2.16. The van der Waals surface area contributed by atoms with Crippen LogP contribution in [0.15, 0.2) is 53.5 Å². The number of ether oxygens (including phenoxy) is 1. The highest BCUT2D eigenvalue weighted by Gasteiger charge is 2.15. The van der Waals surface area contributed by atoms with Crippen molar-refractivity contribution in [1.82, 2.24) is 5.32 Å². The summed E-state index contributed by atoms with van der Waals surface area (Å²) in [5, 5.41) is 2.90. The van der Waals surface area contributed by atoms with Crippen LogP contribution >= 0.6 is 0 Å². The molecule has 2 aromatic rings. The van der Waals surface area contributed by atoms with Crippen LogP contribution in [0.25, 0.3) is 0 Å². The van der Waals surface area contributed by atoms with Gasteiger partial charge in [0, 0.05) is 12.1 Å². The van der Waals surface area contributed by atoms with Crippen LogP contribution in [0.4, 0.5) is 5.69 Å². The van der Waals surface area contributed by atoms with Crippen LogP contribution in [-0.2, 0) is 16.1 Å². The molecule has 0 fully saturated rings. The number of nitrogens with one attached hydrogen (secondary N) is 1. The van der Waals surface area contributed by atoms with E-state index in [1.165, 1.54) is 0 Å². The van der Waals surface area contributed by atoms with E-state index < -0.39 is 0 Å². The Morgan fingerprint density at radius 3 is 2.55 bits per heavy atom. The first-order chi connectivity index (χ1) is 13.9. The third kappa shape index (κ3) is 6.95. The largest absolute Gasteiger partial charge is 0.466 e. The molecule has 0 aliphatic heterocycles. The van der Waals surface area contributed by atoms with E-state index in [0.29, 0.717) is 30.8 Å². The highest BCUT2D eigenvalue weighted by atomic mass is 16.5. The number of carbonyl (C=O) groups excluding carboxylic acids is 2. The summed E-state index contributed by atoms with van der Waals surface area (Å²) in [6.45, 7) is 4.60. The summed E-state index contributed by atoms with van der Waals surface area (Å²) in [5.74, 6) is -0.394. The Labute approximate surface area is 171 Å². The smallest absolute Gasteiger partial charge is 0.306 e. The minimum atomic E-state index is -0.221. The first kappa shape index (κ1) is 21.9. The highest BCUT2D eigenvalue weighted by molar-refractivity contribution is 5.95. The Hall–Kier alpha value is -3.35. The van der Waals surface area contributed by atoms with Gasteiger partial charge in [0.2, 0.25) is 0 Å². The number of carbonyl (C=O) groups is 2. The topological polar surface area (TPSA) is 120 Å². The van der Waals surface area contributed by atoms with Crippen molar-refractivity contribution in [2.45, 2.75) is 39.2 Å². The fourth-order valence-corrected chi connectivity index (χ4v) is 3.03. The summed E-state index contributed by atoms with van der Waals surface area (Å²) in [6.07, 6.45) is 1.17. The van der Waals surface area contributed by atoms with Gasteiger partial charge in [0.05, 0.1) is 18.7 Å². The number of esters is 1. The van der Waals surface area contributed by atoms with E-state index in [4.69, 9.17) is 16.2 Å². The number of hydrogen-bond acceptors (Lipinski definition) is 4. The van der Waals surface area contributed by atoms with E-state index in [-0.39, 0.29) is 23.8 Å². The van der Waals surface area contributed by atoms with Gasteiger partial charge >= 0.3 is 5.97 Å². The van der Waals surface area contributed by atoms with E-state index >= 15 is 0 Å². The van der Waals surface area contributed by atoms with Gasteiger partial charge in [0.25, 0.3) is 5.91 Å². The Bertz CT molecular complexity index is 876. The van der Waals surface area contributed by atoms with E-state index in [1.807, 2.05) is 31.2 Å². The normalized spacial score (nSPS) is 11.4. The molecule has 154 valence electrons. The minimum Gasteiger partial charge on any atom is -0.466 e. The Morgan fingerprint density at radius 2 is 1.86 bits per heavy atom. The van der Waals surface area contributed by atoms with Crippen molar-refractivity contribution >= 4 is 23.5 Å². The summed E-state index contributed by atoms with van der Waals surface area (Å²) >= 11 is 0. The first-order valence-corrected chi connectivity index (χ1v) is 9.65. The van der Waals surface area contributed by atoms with Gasteiger partial charge in [-0.3, -0.25) is 9.59 Å². The molecular weight excluding hydrogens is 368 g/mol. The molecule has 0 aromatic heterocycles. The SMILES string of the molecule is CCOC(=O)CC(CC)c1cccc(CNC(=O)c2cccc(N=C(N)N)c2)c1. The number of aliphatic imine (C=N–C) groups is 1. The molecule has 7 nitrogen and oxygen atoms in total. The van der Waals surface area contributed by atoms with E-state index in [9.17, 15) is 9.59 Å². The Morgan fingerprint density at radius 1 is 1.10 bits per heavy atom. The van der Waals surface area contributed by atoms with Crippen LogP contribution in [0, 0.1) is 0 Å². The summed E-state index contributed by atoms with van der Waals surface area (Å²) in [6, 6.07) is 14.6. The van der Waals surface area contributed by atoms with Gasteiger partial charge in [-0.1, -0.05) is 37.3 Å². The molecule has 2 aromatic carbocycles. The van der Waals surface area contributed by atoms with Gasteiger partial charge in [0.1, 0.15) is 0 Å². The molecule has 0 bridgehead atoms. The van der Waals surface area contributed by atoms with Crippen LogP contribution in [0.2, 0.25) is 0 Å². The number of nitrogens with two attached hydrogens (primary N) is 2. The molecular formula is C22H28N4O3. The predicted octanol–water partition coefficient (Wildman–Crippen LogP) is 2.97. The highest BCUT2D eigenvalue weighted by Crippen LogP contribution is 2.24. The lowest BCUT2D eigenvalue weighted by atomic mass is 9.92. The number of nitrogens with zero attached hydrogens (tertiary/aromatic N) is 1. The summed E-state index contributed by atoms with van der Waals surface area (Å²) in [5.41, 5.74) is 13.8. The van der Waals surface area contributed by atoms with Crippen LogP contribution < -0.4 is 16.8 Å². The summed E-state index contributed by atoms with van der Waals surface area (Å²) in [4.78, 5) is 28.3. The van der Waals surface area contributed by atoms with Crippen molar-refractivity contribution in [3.8, 4) is 0 Å². The quantitative estimate of drug-likeness (QED) is 0.342. The third-order valence-electron chi connectivity index (χ3n) is 4.45. The second-order valence-electron chi connectivity index (χ2n) is 6.63. The molecule has 1 atom stereocenters. The van der Waals surface area contributed by atoms with Gasteiger partial charge in [-0.2, -0.15) is 0 Å². The number of rotatable bonds is 9. The molecule has 5 N–H and O–H groups in total. The molecule has 29 heavy (non-hydrogen) atoms. The van der Waals surface area contributed by atoms with Crippen LogP contribution in [-0.4, -0.2) is 24.4 Å². The molecule has 0 radical (unpaired) electrons. The zero-order chi connectivity index (χ0) is 21.2. The monoisotopic (exact) mass is 396 g/mol. The van der Waals surface area contributed by atoms with Crippen molar-refractivity contribution < 1.29 is 14.3 Å². The summed E-state index contributed by atoms with van der Waals surface area (Å²) < 4.78 is 5.07. The third-order valence-corrected chi connectivity index (χ3v) is 4.45. The molecule has 0 spiro atoms. The van der Waals surface area contributed by atoms with Crippen molar-refractivity contribution in [3.05, 3.63) is 65.2 Å². The molecule has 0 saturated heterocycles. The molecule has 0 saturated carbocycles. The number of benzene rings is 2.